The quantitative estimate of drug-likeness (QED) is 0.698. The number of nitrogens with zero attached hydrogens (tertiary/aromatic N) is 2. The summed E-state index contributed by atoms with van der Waals surface area (Å²) in [4.78, 5) is 14.7. The first kappa shape index (κ1) is 12.6. The SMILES string of the molecule is Cc1n[nH]c(=O)nc1NCCCOC(C)C. The average molecular weight is 226 g/mol. The van der Waals surface area contributed by atoms with Crippen molar-refractivity contribution in [2.24, 2.45) is 0 Å². The molecule has 0 aromatic carbocycles. The van der Waals surface area contributed by atoms with Gasteiger partial charge in [-0.15, -0.1) is 0 Å². The third-order valence-corrected chi connectivity index (χ3v) is 1.94. The van der Waals surface area contributed by atoms with Gasteiger partial charge in [0.15, 0.2) is 5.82 Å². The number of aromatic nitrogens is 3. The molecule has 16 heavy (non-hydrogen) atoms. The maximum absolute atomic E-state index is 10.9. The predicted octanol–water partition coefficient (Wildman–Crippen LogP) is 0.700. The first-order valence-corrected chi connectivity index (χ1v) is 5.38. The molecule has 0 atom stereocenters. The van der Waals surface area contributed by atoms with Crippen LogP contribution < -0.4 is 11.0 Å². The van der Waals surface area contributed by atoms with Gasteiger partial charge in [-0.3, -0.25) is 0 Å². The van der Waals surface area contributed by atoms with E-state index in [9.17, 15) is 4.79 Å². The molecular weight excluding hydrogens is 208 g/mol. The lowest BCUT2D eigenvalue weighted by atomic mass is 10.4. The van der Waals surface area contributed by atoms with Crippen LogP contribution in [-0.4, -0.2) is 34.4 Å². The number of rotatable bonds is 6. The Morgan fingerprint density at radius 2 is 2.25 bits per heavy atom. The lowest BCUT2D eigenvalue weighted by Crippen LogP contribution is -2.18. The minimum absolute atomic E-state index is 0.251. The molecule has 0 aliphatic rings. The zero-order valence-electron chi connectivity index (χ0n) is 9.91. The van der Waals surface area contributed by atoms with Crippen LogP contribution in [0.15, 0.2) is 4.79 Å². The molecule has 6 heteroatoms. The number of aryl methyl sites for hydroxylation is 1. The fraction of sp³-hybridized carbons (Fsp3) is 0.700. The maximum atomic E-state index is 10.9. The van der Waals surface area contributed by atoms with Gasteiger partial charge in [-0.1, -0.05) is 0 Å². The van der Waals surface area contributed by atoms with Crippen molar-refractivity contribution in [1.82, 2.24) is 15.2 Å². The van der Waals surface area contributed by atoms with Crippen molar-refractivity contribution in [2.45, 2.75) is 33.3 Å². The molecule has 0 saturated carbocycles. The molecule has 1 aromatic rings. The van der Waals surface area contributed by atoms with Crippen molar-refractivity contribution < 1.29 is 4.74 Å². The summed E-state index contributed by atoms with van der Waals surface area (Å²) >= 11 is 0. The van der Waals surface area contributed by atoms with Crippen molar-refractivity contribution in [3.8, 4) is 0 Å². The molecule has 6 nitrogen and oxygen atoms in total. The van der Waals surface area contributed by atoms with E-state index in [0.29, 0.717) is 24.7 Å². The monoisotopic (exact) mass is 226 g/mol. The third kappa shape index (κ3) is 4.39. The van der Waals surface area contributed by atoms with Crippen molar-refractivity contribution >= 4 is 5.82 Å². The van der Waals surface area contributed by atoms with Crippen LogP contribution in [0.4, 0.5) is 5.82 Å². The van der Waals surface area contributed by atoms with Crippen LogP contribution in [0, 0.1) is 6.92 Å². The van der Waals surface area contributed by atoms with Gasteiger partial charge in [0.1, 0.15) is 5.69 Å². The van der Waals surface area contributed by atoms with E-state index < -0.39 is 5.69 Å². The van der Waals surface area contributed by atoms with Crippen LogP contribution in [0.5, 0.6) is 0 Å². The Labute approximate surface area is 94.4 Å². The number of anilines is 1. The molecule has 0 radical (unpaired) electrons. The summed E-state index contributed by atoms with van der Waals surface area (Å²) in [6.45, 7) is 7.20. The topological polar surface area (TPSA) is 79.9 Å². The summed E-state index contributed by atoms with van der Waals surface area (Å²) in [5.74, 6) is 0.535. The fourth-order valence-corrected chi connectivity index (χ4v) is 1.16. The Balaban J connectivity index is 2.32. The second kappa shape index (κ2) is 6.22. The van der Waals surface area contributed by atoms with Gasteiger partial charge >= 0.3 is 5.69 Å². The zero-order valence-corrected chi connectivity index (χ0v) is 9.91. The third-order valence-electron chi connectivity index (χ3n) is 1.94. The molecule has 0 bridgehead atoms. The van der Waals surface area contributed by atoms with E-state index >= 15 is 0 Å². The number of hydrogen-bond donors (Lipinski definition) is 2. The number of nitrogens with one attached hydrogen (secondary N) is 2. The van der Waals surface area contributed by atoms with Crippen LogP contribution in [0.2, 0.25) is 0 Å². The van der Waals surface area contributed by atoms with E-state index in [0.717, 1.165) is 6.42 Å². The van der Waals surface area contributed by atoms with Gasteiger partial charge in [-0.05, 0) is 27.2 Å². The lowest BCUT2D eigenvalue weighted by Gasteiger charge is -2.08. The van der Waals surface area contributed by atoms with Gasteiger partial charge in [0, 0.05) is 13.2 Å². The second-order valence-electron chi connectivity index (χ2n) is 3.77. The van der Waals surface area contributed by atoms with Crippen molar-refractivity contribution in [3.05, 3.63) is 16.2 Å². The normalized spacial score (nSPS) is 10.8. The van der Waals surface area contributed by atoms with Crippen LogP contribution in [0.1, 0.15) is 26.0 Å². The molecule has 0 fully saturated rings. The molecule has 1 rings (SSSR count). The van der Waals surface area contributed by atoms with Crippen molar-refractivity contribution in [3.63, 3.8) is 0 Å². The smallest absolute Gasteiger partial charge is 0.363 e. The van der Waals surface area contributed by atoms with E-state index in [1.54, 1.807) is 6.92 Å². The molecule has 0 spiro atoms. The summed E-state index contributed by atoms with van der Waals surface area (Å²) in [5.41, 5.74) is 0.246. The fourth-order valence-electron chi connectivity index (χ4n) is 1.16. The zero-order chi connectivity index (χ0) is 12.0. The van der Waals surface area contributed by atoms with Crippen LogP contribution in [0.25, 0.3) is 0 Å². The van der Waals surface area contributed by atoms with E-state index in [-0.39, 0.29) is 6.10 Å². The van der Waals surface area contributed by atoms with Gasteiger partial charge in [0.05, 0.1) is 6.10 Å². The molecule has 0 unspecified atom stereocenters. The molecule has 2 N–H and O–H groups in total. The molecule has 0 aliphatic carbocycles. The van der Waals surface area contributed by atoms with Gasteiger partial charge in [-0.2, -0.15) is 10.1 Å². The van der Waals surface area contributed by atoms with Gasteiger partial charge in [-0.25, -0.2) is 9.89 Å². The summed E-state index contributed by atoms with van der Waals surface area (Å²) in [5, 5.41) is 9.14. The van der Waals surface area contributed by atoms with Gasteiger partial charge in [0.2, 0.25) is 0 Å². The standard InChI is InChI=1S/C10H18N4O2/c1-7(2)16-6-4-5-11-9-8(3)13-14-10(15)12-9/h7H,4-6H2,1-3H3,(H2,11,12,14,15). The van der Waals surface area contributed by atoms with E-state index in [1.165, 1.54) is 0 Å². The van der Waals surface area contributed by atoms with E-state index in [1.807, 2.05) is 13.8 Å². The minimum Gasteiger partial charge on any atom is -0.379 e. The Kier molecular flexibility index (Phi) is 4.91. The Hall–Kier alpha value is -1.43. The largest absolute Gasteiger partial charge is 0.379 e. The Morgan fingerprint density at radius 1 is 1.50 bits per heavy atom. The van der Waals surface area contributed by atoms with Crippen LogP contribution in [-0.2, 0) is 4.74 Å². The van der Waals surface area contributed by atoms with Gasteiger partial charge < -0.3 is 10.1 Å². The highest BCUT2D eigenvalue weighted by Gasteiger charge is 2.01. The number of hydrogen-bond acceptors (Lipinski definition) is 5. The average Bonchev–Trinajstić information content (AvgIpc) is 2.22. The highest BCUT2D eigenvalue weighted by molar-refractivity contribution is 5.37. The predicted molar refractivity (Wildman–Crippen MR) is 61.6 cm³/mol. The number of H-pyrrole nitrogens is 1. The van der Waals surface area contributed by atoms with Crippen LogP contribution >= 0.6 is 0 Å². The summed E-state index contributed by atoms with van der Waals surface area (Å²) < 4.78 is 5.39. The highest BCUT2D eigenvalue weighted by Crippen LogP contribution is 2.02. The van der Waals surface area contributed by atoms with Crippen molar-refractivity contribution in [1.29, 1.82) is 0 Å². The minimum atomic E-state index is -0.438. The summed E-state index contributed by atoms with van der Waals surface area (Å²) in [6, 6.07) is 0. The van der Waals surface area contributed by atoms with Crippen molar-refractivity contribution in [2.75, 3.05) is 18.5 Å². The Morgan fingerprint density at radius 3 is 2.94 bits per heavy atom. The van der Waals surface area contributed by atoms with Gasteiger partial charge in [0.25, 0.3) is 0 Å². The first-order valence-electron chi connectivity index (χ1n) is 5.38. The van der Waals surface area contributed by atoms with Crippen LogP contribution in [0.3, 0.4) is 0 Å². The van der Waals surface area contributed by atoms with E-state index in [2.05, 4.69) is 20.5 Å². The Bertz CT molecular complexity index is 375. The molecule has 0 saturated heterocycles. The van der Waals surface area contributed by atoms with E-state index in [4.69, 9.17) is 4.74 Å². The molecular formula is C10H18N4O2. The summed E-state index contributed by atoms with van der Waals surface area (Å²) in [7, 11) is 0. The molecule has 0 amide bonds. The molecule has 90 valence electrons. The first-order chi connectivity index (χ1) is 7.59. The number of aromatic amines is 1. The maximum Gasteiger partial charge on any atom is 0.363 e. The molecule has 0 aliphatic heterocycles. The lowest BCUT2D eigenvalue weighted by molar-refractivity contribution is 0.0787. The number of ether oxygens (including phenoxy) is 1. The highest BCUT2D eigenvalue weighted by atomic mass is 16.5. The second-order valence-corrected chi connectivity index (χ2v) is 3.77. The molecule has 1 aromatic heterocycles. The molecule has 1 heterocycles. The summed E-state index contributed by atoms with van der Waals surface area (Å²) in [6.07, 6.45) is 1.12.